The number of nitrogen functional groups attached to an aromatic ring is 1. The van der Waals surface area contributed by atoms with Gasteiger partial charge in [0, 0.05) is 16.5 Å². The number of aryl methyl sites for hydroxylation is 3. The highest BCUT2D eigenvalue weighted by Crippen LogP contribution is 2.15. The number of nitrogens with two attached hydrogens (primary N) is 1. The van der Waals surface area contributed by atoms with Crippen molar-refractivity contribution in [3.63, 3.8) is 0 Å². The molecule has 3 aromatic rings. The molecule has 0 fully saturated rings. The SMILES string of the molecule is Cc1ccc(N)c(C)c1.Cc1ccc2nscc2c1. The molecule has 2 N–H and O–H groups in total. The minimum absolute atomic E-state index is 0.876. The Labute approximate surface area is 118 Å². The highest BCUT2D eigenvalue weighted by molar-refractivity contribution is 7.04. The highest BCUT2D eigenvalue weighted by atomic mass is 32.1. The van der Waals surface area contributed by atoms with Crippen LogP contribution in [0.3, 0.4) is 0 Å². The Morgan fingerprint density at radius 2 is 1.63 bits per heavy atom. The molecule has 0 aliphatic heterocycles. The third kappa shape index (κ3) is 3.55. The van der Waals surface area contributed by atoms with Crippen LogP contribution in [0.4, 0.5) is 5.69 Å². The Morgan fingerprint density at radius 3 is 2.32 bits per heavy atom. The lowest BCUT2D eigenvalue weighted by atomic mass is 10.1. The smallest absolute Gasteiger partial charge is 0.0840 e. The maximum absolute atomic E-state index is 5.59. The van der Waals surface area contributed by atoms with E-state index in [1.54, 1.807) is 0 Å². The quantitative estimate of drug-likeness (QED) is 0.611. The average Bonchev–Trinajstić information content (AvgIpc) is 2.82. The summed E-state index contributed by atoms with van der Waals surface area (Å²) in [5.41, 5.74) is 11.3. The van der Waals surface area contributed by atoms with Gasteiger partial charge in [0.05, 0.1) is 5.52 Å². The van der Waals surface area contributed by atoms with E-state index >= 15 is 0 Å². The van der Waals surface area contributed by atoms with E-state index in [1.807, 2.05) is 19.1 Å². The maximum atomic E-state index is 5.59. The van der Waals surface area contributed by atoms with E-state index in [4.69, 9.17) is 5.73 Å². The summed E-state index contributed by atoms with van der Waals surface area (Å²) < 4.78 is 4.20. The summed E-state index contributed by atoms with van der Waals surface area (Å²) in [5.74, 6) is 0. The van der Waals surface area contributed by atoms with E-state index < -0.39 is 0 Å². The standard InChI is InChI=1S/C8H7NS.C8H11N/c1-6-2-3-8-7(4-6)5-10-9-8;1-6-3-4-8(9)7(2)5-6/h2-5H,1H3;3-5H,9H2,1-2H3. The molecule has 3 rings (SSSR count). The molecule has 0 aliphatic carbocycles. The van der Waals surface area contributed by atoms with Gasteiger partial charge < -0.3 is 5.73 Å². The lowest BCUT2D eigenvalue weighted by Crippen LogP contribution is -1.88. The van der Waals surface area contributed by atoms with Crippen molar-refractivity contribution in [1.29, 1.82) is 0 Å². The van der Waals surface area contributed by atoms with Gasteiger partial charge in [-0.1, -0.05) is 29.3 Å². The molecule has 0 aliphatic rings. The minimum Gasteiger partial charge on any atom is -0.399 e. The second-order valence-electron chi connectivity index (χ2n) is 4.74. The molecule has 0 saturated heterocycles. The second-order valence-corrected chi connectivity index (χ2v) is 5.37. The van der Waals surface area contributed by atoms with E-state index in [0.717, 1.165) is 16.8 Å². The summed E-state index contributed by atoms with van der Waals surface area (Å²) >= 11 is 1.51. The van der Waals surface area contributed by atoms with Crippen LogP contribution < -0.4 is 5.73 Å². The monoisotopic (exact) mass is 270 g/mol. The molecule has 98 valence electrons. The first kappa shape index (κ1) is 13.6. The highest BCUT2D eigenvalue weighted by Gasteiger charge is 1.93. The molecular formula is C16H18N2S. The Kier molecular flexibility index (Phi) is 4.17. The number of aromatic nitrogens is 1. The average molecular weight is 270 g/mol. The zero-order valence-electron chi connectivity index (χ0n) is 11.5. The lowest BCUT2D eigenvalue weighted by Gasteiger charge is -1.98. The Hall–Kier alpha value is -1.87. The maximum Gasteiger partial charge on any atom is 0.0840 e. The van der Waals surface area contributed by atoms with Crippen LogP contribution in [-0.4, -0.2) is 4.37 Å². The summed E-state index contributed by atoms with van der Waals surface area (Å²) in [6.45, 7) is 6.17. The largest absolute Gasteiger partial charge is 0.399 e. The molecule has 0 saturated carbocycles. The van der Waals surface area contributed by atoms with E-state index in [9.17, 15) is 0 Å². The number of anilines is 1. The molecule has 19 heavy (non-hydrogen) atoms. The van der Waals surface area contributed by atoms with Gasteiger partial charge in [0.15, 0.2) is 0 Å². The van der Waals surface area contributed by atoms with Gasteiger partial charge in [0.25, 0.3) is 0 Å². The van der Waals surface area contributed by atoms with Gasteiger partial charge in [-0.15, -0.1) is 0 Å². The van der Waals surface area contributed by atoms with Crippen LogP contribution in [0, 0.1) is 20.8 Å². The predicted octanol–water partition coefficient (Wildman–Crippen LogP) is 4.49. The van der Waals surface area contributed by atoms with Gasteiger partial charge in [-0.25, -0.2) is 0 Å². The van der Waals surface area contributed by atoms with Crippen molar-refractivity contribution in [2.45, 2.75) is 20.8 Å². The summed E-state index contributed by atoms with van der Waals surface area (Å²) in [4.78, 5) is 0. The predicted molar refractivity (Wildman–Crippen MR) is 84.7 cm³/mol. The van der Waals surface area contributed by atoms with Crippen LogP contribution in [0.25, 0.3) is 10.9 Å². The number of fused-ring (bicyclic) bond motifs is 1. The Morgan fingerprint density at radius 1 is 0.947 bits per heavy atom. The molecule has 1 aromatic heterocycles. The van der Waals surface area contributed by atoms with Gasteiger partial charge >= 0.3 is 0 Å². The molecule has 1 heterocycles. The minimum atomic E-state index is 0.876. The number of nitrogens with zero attached hydrogens (tertiary/aromatic N) is 1. The van der Waals surface area contributed by atoms with Crippen molar-refractivity contribution >= 4 is 28.1 Å². The molecule has 0 radical (unpaired) electrons. The molecule has 0 bridgehead atoms. The van der Waals surface area contributed by atoms with Crippen LogP contribution >= 0.6 is 11.5 Å². The first-order valence-electron chi connectivity index (χ1n) is 6.20. The normalized spacial score (nSPS) is 10.1. The van der Waals surface area contributed by atoms with E-state index in [1.165, 1.54) is 28.0 Å². The van der Waals surface area contributed by atoms with Crippen LogP contribution in [0.5, 0.6) is 0 Å². The van der Waals surface area contributed by atoms with Gasteiger partial charge in [0.2, 0.25) is 0 Å². The van der Waals surface area contributed by atoms with Crippen molar-refractivity contribution in [3.8, 4) is 0 Å². The fourth-order valence-corrected chi connectivity index (χ4v) is 2.45. The van der Waals surface area contributed by atoms with Crippen molar-refractivity contribution in [2.75, 3.05) is 5.73 Å². The topological polar surface area (TPSA) is 38.9 Å². The van der Waals surface area contributed by atoms with Crippen LogP contribution in [-0.2, 0) is 0 Å². The summed E-state index contributed by atoms with van der Waals surface area (Å²) in [6.07, 6.45) is 0. The zero-order valence-corrected chi connectivity index (χ0v) is 12.3. The molecule has 0 spiro atoms. The number of rotatable bonds is 0. The molecule has 2 nitrogen and oxygen atoms in total. The van der Waals surface area contributed by atoms with Crippen molar-refractivity contribution < 1.29 is 0 Å². The fourth-order valence-electron chi connectivity index (χ4n) is 1.82. The summed E-state index contributed by atoms with van der Waals surface area (Å²) in [6, 6.07) is 12.3. The molecule has 0 unspecified atom stereocenters. The fraction of sp³-hybridized carbons (Fsp3) is 0.188. The van der Waals surface area contributed by atoms with E-state index in [-0.39, 0.29) is 0 Å². The van der Waals surface area contributed by atoms with E-state index in [0.29, 0.717) is 0 Å². The molecule has 0 amide bonds. The molecular weight excluding hydrogens is 252 g/mol. The number of benzene rings is 2. The van der Waals surface area contributed by atoms with Crippen molar-refractivity contribution in [2.24, 2.45) is 0 Å². The Bertz CT molecular complexity index is 686. The molecule has 0 atom stereocenters. The molecule has 2 aromatic carbocycles. The van der Waals surface area contributed by atoms with Gasteiger partial charge in [-0.3, -0.25) is 0 Å². The number of hydrogen-bond acceptors (Lipinski definition) is 3. The van der Waals surface area contributed by atoms with Crippen molar-refractivity contribution in [1.82, 2.24) is 4.37 Å². The lowest BCUT2D eigenvalue weighted by molar-refractivity contribution is 1.39. The summed E-state index contributed by atoms with van der Waals surface area (Å²) in [7, 11) is 0. The first-order valence-corrected chi connectivity index (χ1v) is 7.03. The van der Waals surface area contributed by atoms with Crippen LogP contribution in [0.1, 0.15) is 16.7 Å². The zero-order chi connectivity index (χ0) is 13.8. The van der Waals surface area contributed by atoms with Crippen LogP contribution in [0.2, 0.25) is 0 Å². The number of hydrogen-bond donors (Lipinski definition) is 1. The van der Waals surface area contributed by atoms with Gasteiger partial charge in [-0.05, 0) is 56.1 Å². The van der Waals surface area contributed by atoms with E-state index in [2.05, 4.69) is 47.9 Å². The van der Waals surface area contributed by atoms with Gasteiger partial charge in [0.1, 0.15) is 0 Å². The summed E-state index contributed by atoms with van der Waals surface area (Å²) in [5, 5.41) is 3.33. The molecule has 3 heteroatoms. The second kappa shape index (κ2) is 5.85. The van der Waals surface area contributed by atoms with Crippen LogP contribution in [0.15, 0.2) is 41.8 Å². The Balaban J connectivity index is 0.000000141. The van der Waals surface area contributed by atoms with Gasteiger partial charge in [-0.2, -0.15) is 4.37 Å². The van der Waals surface area contributed by atoms with Crippen molar-refractivity contribution in [3.05, 3.63) is 58.5 Å². The first-order chi connectivity index (χ1) is 9.06. The third-order valence-corrected chi connectivity index (χ3v) is 3.60. The third-order valence-electron chi connectivity index (χ3n) is 2.94.